The molecule has 1 rings (SSSR count). The van der Waals surface area contributed by atoms with Crippen LogP contribution in [0, 0.1) is 0 Å². The average molecular weight is 314 g/mol. The smallest absolute Gasteiger partial charge is 0.410 e. The fourth-order valence-corrected chi connectivity index (χ4v) is 1.93. The molecule has 0 radical (unpaired) electrons. The van der Waals surface area contributed by atoms with E-state index in [1.54, 1.807) is 20.8 Å². The number of rotatable bonds is 4. The number of carbonyl (C=O) groups excluding carboxylic acids is 2. The van der Waals surface area contributed by atoms with Gasteiger partial charge in [-0.3, -0.25) is 4.90 Å². The van der Waals surface area contributed by atoms with Gasteiger partial charge >= 0.3 is 18.2 Å². The lowest BCUT2D eigenvalue weighted by Gasteiger charge is -2.50. The highest BCUT2D eigenvalue weighted by Gasteiger charge is 2.57. The molecule has 1 fully saturated rings. The number of likely N-dealkylation sites (N-methyl/N-ethyl adjacent to an activating group) is 1. The number of nitrogens with zero attached hydrogens (tertiary/aromatic N) is 2. The Bertz CT molecular complexity index is 476. The van der Waals surface area contributed by atoms with Gasteiger partial charge in [-0.1, -0.05) is 12.7 Å². The van der Waals surface area contributed by atoms with Crippen molar-refractivity contribution in [1.82, 2.24) is 9.80 Å². The lowest BCUT2D eigenvalue weighted by molar-refractivity contribution is -0.160. The van der Waals surface area contributed by atoms with E-state index >= 15 is 0 Å². The number of aliphatic carboxylic acids is 1. The Hall–Kier alpha value is -2.25. The highest BCUT2D eigenvalue weighted by molar-refractivity contribution is 5.88. The van der Waals surface area contributed by atoms with Crippen LogP contribution in [0.25, 0.3) is 0 Å². The highest BCUT2D eigenvalue weighted by Crippen LogP contribution is 2.29. The molecule has 22 heavy (non-hydrogen) atoms. The van der Waals surface area contributed by atoms with Crippen LogP contribution < -0.4 is 0 Å². The number of hydrogen-bond acceptors (Lipinski definition) is 5. The summed E-state index contributed by atoms with van der Waals surface area (Å²) in [6.07, 6.45) is -0.0178. The van der Waals surface area contributed by atoms with Crippen molar-refractivity contribution in [3.63, 3.8) is 0 Å². The van der Waals surface area contributed by atoms with Crippen molar-refractivity contribution < 1.29 is 29.0 Å². The molecule has 0 spiro atoms. The average Bonchev–Trinajstić information content (AvgIpc) is 2.31. The number of carbonyl (C=O) groups is 3. The quantitative estimate of drug-likeness (QED) is 0.786. The molecule has 2 amide bonds. The van der Waals surface area contributed by atoms with Gasteiger partial charge in [0.2, 0.25) is 0 Å². The number of likely N-dealkylation sites (tertiary alicyclic amines) is 1. The van der Waals surface area contributed by atoms with Gasteiger partial charge in [0.1, 0.15) is 12.2 Å². The third kappa shape index (κ3) is 3.69. The van der Waals surface area contributed by atoms with Crippen LogP contribution in [-0.2, 0) is 14.3 Å². The number of hydrogen-bond donors (Lipinski definition) is 1. The Morgan fingerprint density at radius 1 is 1.36 bits per heavy atom. The summed E-state index contributed by atoms with van der Waals surface area (Å²) in [4.78, 5) is 37.4. The number of carboxylic acids is 1. The molecule has 1 aliphatic rings. The topological polar surface area (TPSA) is 96.4 Å². The van der Waals surface area contributed by atoms with E-state index in [0.717, 1.165) is 4.90 Å². The standard InChI is InChI=1S/C14H22N2O6/c1-6-7-21-11(19)15(5)14(10(17)18)8-16(9-14)12(20)22-13(2,3)4/h6H,1,7-9H2,2-5H3,(H,17,18). The summed E-state index contributed by atoms with van der Waals surface area (Å²) >= 11 is 0. The largest absolute Gasteiger partial charge is 0.479 e. The number of carboxylic acid groups (broad SMARTS) is 1. The first-order chi connectivity index (χ1) is 10.0. The van der Waals surface area contributed by atoms with E-state index in [9.17, 15) is 19.5 Å². The second-order valence-electron chi connectivity index (χ2n) is 6.10. The van der Waals surface area contributed by atoms with Gasteiger partial charge in [-0.05, 0) is 20.8 Å². The van der Waals surface area contributed by atoms with E-state index in [1.807, 2.05) is 0 Å². The summed E-state index contributed by atoms with van der Waals surface area (Å²) in [6.45, 7) is 8.23. The molecule has 1 N–H and O–H groups in total. The van der Waals surface area contributed by atoms with Gasteiger partial charge in [-0.25, -0.2) is 14.4 Å². The third-order valence-corrected chi connectivity index (χ3v) is 3.20. The molecule has 0 bridgehead atoms. The predicted molar refractivity (Wildman–Crippen MR) is 77.5 cm³/mol. The van der Waals surface area contributed by atoms with Crippen LogP contribution in [0.5, 0.6) is 0 Å². The van der Waals surface area contributed by atoms with E-state index < -0.39 is 29.3 Å². The molecule has 0 atom stereocenters. The molecule has 0 saturated carbocycles. The van der Waals surface area contributed by atoms with Crippen LogP contribution in [0.4, 0.5) is 9.59 Å². The Kier molecular flexibility index (Phi) is 5.05. The summed E-state index contributed by atoms with van der Waals surface area (Å²) in [5, 5.41) is 9.41. The van der Waals surface area contributed by atoms with Crippen molar-refractivity contribution in [2.75, 3.05) is 26.7 Å². The van der Waals surface area contributed by atoms with Crippen LogP contribution in [0.1, 0.15) is 20.8 Å². The van der Waals surface area contributed by atoms with Gasteiger partial charge in [0.25, 0.3) is 0 Å². The van der Waals surface area contributed by atoms with Gasteiger partial charge in [0.05, 0.1) is 13.1 Å². The second-order valence-corrected chi connectivity index (χ2v) is 6.10. The SMILES string of the molecule is C=CCOC(=O)N(C)C1(C(=O)O)CN(C(=O)OC(C)(C)C)C1. The fourth-order valence-electron chi connectivity index (χ4n) is 1.93. The second kappa shape index (κ2) is 6.25. The molecular weight excluding hydrogens is 292 g/mol. The lowest BCUT2D eigenvalue weighted by Crippen LogP contribution is -2.75. The number of amides is 2. The minimum Gasteiger partial charge on any atom is -0.479 e. The molecule has 1 heterocycles. The lowest BCUT2D eigenvalue weighted by atomic mass is 9.89. The maximum absolute atomic E-state index is 11.9. The van der Waals surface area contributed by atoms with Gasteiger partial charge in [0.15, 0.2) is 5.54 Å². The molecule has 124 valence electrons. The maximum Gasteiger partial charge on any atom is 0.410 e. The van der Waals surface area contributed by atoms with Crippen molar-refractivity contribution in [2.24, 2.45) is 0 Å². The monoisotopic (exact) mass is 314 g/mol. The first-order valence-corrected chi connectivity index (χ1v) is 6.76. The zero-order chi connectivity index (χ0) is 17.1. The van der Waals surface area contributed by atoms with Gasteiger partial charge < -0.3 is 19.5 Å². The van der Waals surface area contributed by atoms with Gasteiger partial charge in [-0.2, -0.15) is 0 Å². The predicted octanol–water partition coefficient (Wildman–Crippen LogP) is 1.31. The molecule has 8 nitrogen and oxygen atoms in total. The Morgan fingerprint density at radius 3 is 2.32 bits per heavy atom. The van der Waals surface area contributed by atoms with E-state index in [1.165, 1.54) is 18.0 Å². The summed E-state index contributed by atoms with van der Waals surface area (Å²) in [5.74, 6) is -1.20. The molecule has 0 unspecified atom stereocenters. The van der Waals surface area contributed by atoms with E-state index in [4.69, 9.17) is 9.47 Å². The first kappa shape index (κ1) is 17.8. The van der Waals surface area contributed by atoms with Crippen molar-refractivity contribution in [1.29, 1.82) is 0 Å². The Labute approximate surface area is 129 Å². The summed E-state index contributed by atoms with van der Waals surface area (Å²) in [6, 6.07) is 0. The zero-order valence-electron chi connectivity index (χ0n) is 13.3. The fraction of sp³-hybridized carbons (Fsp3) is 0.643. The zero-order valence-corrected chi connectivity index (χ0v) is 13.3. The van der Waals surface area contributed by atoms with Crippen LogP contribution >= 0.6 is 0 Å². The summed E-state index contributed by atoms with van der Waals surface area (Å²) < 4.78 is 10.00. The van der Waals surface area contributed by atoms with Crippen LogP contribution in [0.2, 0.25) is 0 Å². The van der Waals surface area contributed by atoms with Gasteiger partial charge in [0, 0.05) is 7.05 Å². The van der Waals surface area contributed by atoms with E-state index in [-0.39, 0.29) is 19.7 Å². The Morgan fingerprint density at radius 2 is 1.91 bits per heavy atom. The van der Waals surface area contributed by atoms with Crippen LogP contribution in [-0.4, -0.2) is 70.9 Å². The van der Waals surface area contributed by atoms with Gasteiger partial charge in [-0.15, -0.1) is 0 Å². The Balaban J connectivity index is 2.74. The molecule has 0 aromatic heterocycles. The van der Waals surface area contributed by atoms with Crippen LogP contribution in [0.15, 0.2) is 12.7 Å². The minimum atomic E-state index is -1.50. The van der Waals surface area contributed by atoms with Crippen molar-refractivity contribution >= 4 is 18.2 Å². The molecule has 8 heteroatoms. The highest BCUT2D eigenvalue weighted by atomic mass is 16.6. The molecule has 0 aromatic carbocycles. The first-order valence-electron chi connectivity index (χ1n) is 6.76. The van der Waals surface area contributed by atoms with Crippen molar-refractivity contribution in [3.05, 3.63) is 12.7 Å². The van der Waals surface area contributed by atoms with E-state index in [0.29, 0.717) is 0 Å². The normalized spacial score (nSPS) is 16.3. The minimum absolute atomic E-state index is 0.0192. The van der Waals surface area contributed by atoms with Crippen molar-refractivity contribution in [3.8, 4) is 0 Å². The molecular formula is C14H22N2O6. The van der Waals surface area contributed by atoms with Crippen LogP contribution in [0.3, 0.4) is 0 Å². The van der Waals surface area contributed by atoms with E-state index in [2.05, 4.69) is 6.58 Å². The number of ether oxygens (including phenoxy) is 2. The summed E-state index contributed by atoms with van der Waals surface area (Å²) in [7, 11) is 1.33. The van der Waals surface area contributed by atoms with Crippen molar-refractivity contribution in [2.45, 2.75) is 31.9 Å². The molecule has 1 aliphatic heterocycles. The summed E-state index contributed by atoms with van der Waals surface area (Å²) in [5.41, 5.74) is -2.18. The third-order valence-electron chi connectivity index (χ3n) is 3.20. The molecule has 1 saturated heterocycles. The maximum atomic E-state index is 11.9. The molecule has 0 aliphatic carbocycles. The molecule has 0 aromatic rings.